The maximum absolute atomic E-state index is 12.7. The Kier molecular flexibility index (Phi) is 6.85. The van der Waals surface area contributed by atoms with E-state index in [0.29, 0.717) is 29.5 Å². The van der Waals surface area contributed by atoms with Gasteiger partial charge in [-0.1, -0.05) is 43.3 Å². The van der Waals surface area contributed by atoms with Gasteiger partial charge in [0, 0.05) is 23.2 Å². The van der Waals surface area contributed by atoms with Gasteiger partial charge in [0.2, 0.25) is 0 Å². The zero-order valence-corrected chi connectivity index (χ0v) is 17.6. The van der Waals surface area contributed by atoms with Crippen molar-refractivity contribution in [1.82, 2.24) is 10.9 Å². The zero-order chi connectivity index (χ0) is 20.8. The number of hydrogen-bond acceptors (Lipinski definition) is 4. The maximum Gasteiger partial charge on any atom is 0.305 e. The molecule has 0 aliphatic carbocycles. The van der Waals surface area contributed by atoms with Crippen LogP contribution in [0.5, 0.6) is 0 Å². The monoisotopic (exact) mass is 411 g/mol. The van der Waals surface area contributed by atoms with Gasteiger partial charge in [-0.2, -0.15) is 0 Å². The fourth-order valence-electron chi connectivity index (χ4n) is 3.15. The lowest BCUT2D eigenvalue weighted by Gasteiger charge is -2.16. The number of carbonyl (C=O) groups excluding carboxylic acids is 1. The number of aryl methyl sites for hydroxylation is 2. The number of rotatable bonds is 6. The summed E-state index contributed by atoms with van der Waals surface area (Å²) in [6, 6.07) is 13.6. The van der Waals surface area contributed by atoms with Crippen LogP contribution in [0.3, 0.4) is 0 Å². The van der Waals surface area contributed by atoms with Crippen LogP contribution in [0.2, 0.25) is 0 Å². The summed E-state index contributed by atoms with van der Waals surface area (Å²) in [5.74, 6) is -0.208. The predicted molar refractivity (Wildman–Crippen MR) is 119 cm³/mol. The molecule has 6 nitrogen and oxygen atoms in total. The number of hydrazine groups is 1. The number of amides is 1. The number of ether oxygens (including phenoxy) is 1. The largest absolute Gasteiger partial charge is 0.450 e. The van der Waals surface area contributed by atoms with Gasteiger partial charge < -0.3 is 14.5 Å². The Bertz CT molecular complexity index is 1030. The minimum atomic E-state index is -0.416. The average Bonchev–Trinajstić information content (AvgIpc) is 3.10. The third kappa shape index (κ3) is 4.75. The Morgan fingerprint density at radius 1 is 1.10 bits per heavy atom. The molecule has 152 valence electrons. The van der Waals surface area contributed by atoms with E-state index in [4.69, 9.17) is 21.4 Å². The second kappa shape index (κ2) is 9.54. The summed E-state index contributed by atoms with van der Waals surface area (Å²) in [4.78, 5) is 12.7. The molecular weight excluding hydrogens is 386 g/mol. The highest BCUT2D eigenvalue weighted by molar-refractivity contribution is 7.80. The third-order valence-corrected chi connectivity index (χ3v) is 4.83. The second-order valence-electron chi connectivity index (χ2n) is 6.54. The predicted octanol–water partition coefficient (Wildman–Crippen LogP) is 4.47. The number of benzene rings is 2. The van der Waals surface area contributed by atoms with Crippen molar-refractivity contribution in [2.75, 3.05) is 11.9 Å². The van der Waals surface area contributed by atoms with Crippen molar-refractivity contribution >= 4 is 39.9 Å². The molecule has 0 radical (unpaired) electrons. The molecule has 3 N–H and O–H groups in total. The minimum absolute atomic E-state index is 0.208. The highest BCUT2D eigenvalue weighted by Gasteiger charge is 2.20. The smallest absolute Gasteiger partial charge is 0.305 e. The number of hydrogen-bond donors (Lipinski definition) is 3. The maximum atomic E-state index is 12.7. The van der Waals surface area contributed by atoms with Crippen molar-refractivity contribution in [2.24, 2.45) is 0 Å². The van der Waals surface area contributed by atoms with Gasteiger partial charge >= 0.3 is 5.91 Å². The number of furan rings is 1. The van der Waals surface area contributed by atoms with Crippen LogP contribution in [-0.4, -0.2) is 17.6 Å². The third-order valence-electron chi connectivity index (χ3n) is 4.62. The average molecular weight is 412 g/mol. The molecule has 0 unspecified atom stereocenters. The molecule has 0 atom stereocenters. The van der Waals surface area contributed by atoms with E-state index in [-0.39, 0.29) is 5.76 Å². The van der Waals surface area contributed by atoms with Gasteiger partial charge in [-0.05, 0) is 49.7 Å². The van der Waals surface area contributed by atoms with Gasteiger partial charge in [-0.25, -0.2) is 0 Å². The van der Waals surface area contributed by atoms with Crippen LogP contribution in [0, 0.1) is 6.92 Å². The Labute approximate surface area is 175 Å². The molecule has 0 aliphatic heterocycles. The highest BCUT2D eigenvalue weighted by atomic mass is 32.1. The van der Waals surface area contributed by atoms with E-state index in [2.05, 4.69) is 23.1 Å². The summed E-state index contributed by atoms with van der Waals surface area (Å²) in [5.41, 5.74) is 9.90. The number of fused-ring (bicyclic) bond motifs is 1. The molecule has 0 fully saturated rings. The van der Waals surface area contributed by atoms with Gasteiger partial charge in [0.15, 0.2) is 10.9 Å². The van der Waals surface area contributed by atoms with E-state index < -0.39 is 5.91 Å². The summed E-state index contributed by atoms with van der Waals surface area (Å²) >= 11 is 5.35. The van der Waals surface area contributed by atoms with Gasteiger partial charge in [0.1, 0.15) is 5.58 Å². The molecule has 0 saturated heterocycles. The first-order valence-corrected chi connectivity index (χ1v) is 9.99. The minimum Gasteiger partial charge on any atom is -0.450 e. The topological polar surface area (TPSA) is 75.5 Å². The molecule has 3 rings (SSSR count). The van der Waals surface area contributed by atoms with Crippen LogP contribution in [0.15, 0.2) is 46.9 Å². The van der Waals surface area contributed by atoms with Gasteiger partial charge in [-0.3, -0.25) is 15.6 Å². The number of para-hydroxylation sites is 2. The summed E-state index contributed by atoms with van der Waals surface area (Å²) in [6.07, 6.45) is 0.874. The first kappa shape index (κ1) is 20.8. The number of anilines is 1. The lowest BCUT2D eigenvalue weighted by molar-refractivity contribution is 0.0905. The number of carbonyl (C=O) groups is 1. The van der Waals surface area contributed by atoms with Crippen LogP contribution in [0.25, 0.3) is 11.0 Å². The van der Waals surface area contributed by atoms with Crippen LogP contribution in [0.1, 0.15) is 41.1 Å². The standard InChI is InChI=1S/C22H25N3O3S/c1-4-15-10-8-9-14(3)19(15)23-22(29)25-24-21(26)20-17(13-27-5-2)16-11-6-7-12-18(16)28-20/h6-12H,4-5,13H2,1-3H3,(H,24,26)(H2,23,25,29). The Morgan fingerprint density at radius 2 is 1.90 bits per heavy atom. The quantitative estimate of drug-likeness (QED) is 0.410. The Morgan fingerprint density at radius 3 is 2.66 bits per heavy atom. The lowest BCUT2D eigenvalue weighted by atomic mass is 10.1. The van der Waals surface area contributed by atoms with Crippen LogP contribution in [0.4, 0.5) is 5.69 Å². The normalized spacial score (nSPS) is 10.7. The molecule has 0 saturated carbocycles. The fourth-order valence-corrected chi connectivity index (χ4v) is 3.30. The van der Waals surface area contributed by atoms with Crippen LogP contribution < -0.4 is 16.2 Å². The van der Waals surface area contributed by atoms with E-state index in [1.165, 1.54) is 0 Å². The van der Waals surface area contributed by atoms with Gasteiger partial charge in [0.25, 0.3) is 0 Å². The van der Waals surface area contributed by atoms with E-state index in [0.717, 1.165) is 28.6 Å². The van der Waals surface area contributed by atoms with Crippen molar-refractivity contribution in [3.05, 3.63) is 64.9 Å². The molecule has 3 aromatic rings. The zero-order valence-electron chi connectivity index (χ0n) is 16.8. The molecule has 2 aromatic carbocycles. The van der Waals surface area contributed by atoms with Gasteiger partial charge in [0.05, 0.1) is 6.61 Å². The van der Waals surface area contributed by atoms with Crippen molar-refractivity contribution in [2.45, 2.75) is 33.8 Å². The molecule has 1 heterocycles. The van der Waals surface area contributed by atoms with E-state index in [9.17, 15) is 4.79 Å². The molecule has 0 spiro atoms. The number of thiocarbonyl (C=S) groups is 1. The molecule has 0 bridgehead atoms. The van der Waals surface area contributed by atoms with E-state index in [1.54, 1.807) is 0 Å². The van der Waals surface area contributed by atoms with Crippen LogP contribution >= 0.6 is 12.2 Å². The summed E-state index contributed by atoms with van der Waals surface area (Å²) in [5, 5.41) is 4.32. The molecule has 0 aliphatic rings. The molecule has 29 heavy (non-hydrogen) atoms. The first-order valence-electron chi connectivity index (χ1n) is 9.59. The van der Waals surface area contributed by atoms with Crippen molar-refractivity contribution < 1.29 is 13.9 Å². The molecular formula is C22H25N3O3S. The summed E-state index contributed by atoms with van der Waals surface area (Å²) in [6.45, 7) is 6.84. The lowest BCUT2D eigenvalue weighted by Crippen LogP contribution is -2.44. The van der Waals surface area contributed by atoms with Crippen molar-refractivity contribution in [3.63, 3.8) is 0 Å². The van der Waals surface area contributed by atoms with Crippen LogP contribution in [-0.2, 0) is 17.8 Å². The Balaban J connectivity index is 1.72. The van der Waals surface area contributed by atoms with Crippen molar-refractivity contribution in [1.29, 1.82) is 0 Å². The van der Waals surface area contributed by atoms with E-state index >= 15 is 0 Å². The molecule has 7 heteroatoms. The highest BCUT2D eigenvalue weighted by Crippen LogP contribution is 2.26. The molecule has 1 aromatic heterocycles. The fraction of sp³-hybridized carbons (Fsp3) is 0.273. The molecule has 1 amide bonds. The van der Waals surface area contributed by atoms with Crippen molar-refractivity contribution in [3.8, 4) is 0 Å². The Hall–Kier alpha value is -2.90. The summed E-state index contributed by atoms with van der Waals surface area (Å²) in [7, 11) is 0. The summed E-state index contributed by atoms with van der Waals surface area (Å²) < 4.78 is 11.3. The second-order valence-corrected chi connectivity index (χ2v) is 6.95. The van der Waals surface area contributed by atoms with E-state index in [1.807, 2.05) is 56.3 Å². The number of nitrogens with one attached hydrogen (secondary N) is 3. The first-order chi connectivity index (χ1) is 14.0. The van der Waals surface area contributed by atoms with Gasteiger partial charge in [-0.15, -0.1) is 0 Å². The SMILES string of the molecule is CCOCc1c(C(=O)NNC(=S)Nc2c(C)cccc2CC)oc2ccccc12.